The smallest absolute Gasteiger partial charge is 0.322 e. The minimum absolute atomic E-state index is 0.120. The van der Waals surface area contributed by atoms with E-state index in [0.717, 1.165) is 16.4 Å². The van der Waals surface area contributed by atoms with Gasteiger partial charge in [-0.1, -0.05) is 24.3 Å². The summed E-state index contributed by atoms with van der Waals surface area (Å²) in [6.07, 6.45) is -4.63. The maximum Gasteiger partial charge on any atom is 0.416 e. The average molecular weight is 590 g/mol. The van der Waals surface area contributed by atoms with Crippen LogP contribution in [0.3, 0.4) is 0 Å². The van der Waals surface area contributed by atoms with E-state index in [4.69, 9.17) is 0 Å². The van der Waals surface area contributed by atoms with E-state index in [-0.39, 0.29) is 26.7 Å². The zero-order valence-corrected chi connectivity index (χ0v) is 22.4. The van der Waals surface area contributed by atoms with Crippen molar-refractivity contribution in [2.75, 3.05) is 21.4 Å². The molecule has 208 valence electrons. The maximum atomic E-state index is 12.9. The number of nitrogens with zero attached hydrogens (tertiary/aromatic N) is 1. The highest BCUT2D eigenvalue weighted by atomic mass is 32.2. The predicted octanol–water partition coefficient (Wildman–Crippen LogP) is 5.58. The van der Waals surface area contributed by atoms with Gasteiger partial charge in [0.2, 0.25) is 0 Å². The molecule has 4 rings (SSSR count). The van der Waals surface area contributed by atoms with Gasteiger partial charge in [0.15, 0.2) is 0 Å². The summed E-state index contributed by atoms with van der Waals surface area (Å²) >= 11 is 0. The largest absolute Gasteiger partial charge is 0.416 e. The second kappa shape index (κ2) is 11.0. The predicted molar refractivity (Wildman–Crippen MR) is 145 cm³/mol. The first-order valence-corrected chi connectivity index (χ1v) is 14.5. The SMILES string of the molecule is CN(c1ccc(C(=O)Nc2ccc(S(=O)(=O)Nc3cccc(C(F)(F)F)c3)cc2)cc1)S(=O)(=O)c1ccccc1. The molecule has 1 amide bonds. The van der Waals surface area contributed by atoms with Gasteiger partial charge in [0, 0.05) is 24.0 Å². The van der Waals surface area contributed by atoms with Crippen molar-refractivity contribution in [3.05, 3.63) is 114 Å². The van der Waals surface area contributed by atoms with Crippen molar-refractivity contribution in [2.45, 2.75) is 16.0 Å². The summed E-state index contributed by atoms with van der Waals surface area (Å²) in [5.41, 5.74) is -0.433. The fraction of sp³-hybridized carbons (Fsp3) is 0.0741. The molecule has 8 nitrogen and oxygen atoms in total. The van der Waals surface area contributed by atoms with Gasteiger partial charge in [-0.2, -0.15) is 13.2 Å². The number of hydrogen-bond acceptors (Lipinski definition) is 5. The molecule has 0 atom stereocenters. The summed E-state index contributed by atoms with van der Waals surface area (Å²) < 4.78 is 92.9. The molecular weight excluding hydrogens is 567 g/mol. The zero-order chi connectivity index (χ0) is 29.1. The molecule has 0 fully saturated rings. The number of carbonyl (C=O) groups is 1. The van der Waals surface area contributed by atoms with Gasteiger partial charge in [0.1, 0.15) is 0 Å². The molecule has 0 aliphatic heterocycles. The van der Waals surface area contributed by atoms with Crippen LogP contribution in [0.1, 0.15) is 15.9 Å². The van der Waals surface area contributed by atoms with E-state index in [0.29, 0.717) is 11.8 Å². The van der Waals surface area contributed by atoms with Gasteiger partial charge in [0.25, 0.3) is 26.0 Å². The van der Waals surface area contributed by atoms with Crippen LogP contribution in [0, 0.1) is 0 Å². The molecule has 0 saturated carbocycles. The molecule has 4 aromatic rings. The number of hydrogen-bond donors (Lipinski definition) is 2. The van der Waals surface area contributed by atoms with Crippen molar-refractivity contribution in [2.24, 2.45) is 0 Å². The first-order chi connectivity index (χ1) is 18.8. The highest BCUT2D eigenvalue weighted by Crippen LogP contribution is 2.31. The van der Waals surface area contributed by atoms with Gasteiger partial charge in [-0.15, -0.1) is 0 Å². The van der Waals surface area contributed by atoms with Crippen LogP contribution in [-0.2, 0) is 26.2 Å². The molecule has 0 heterocycles. The Balaban J connectivity index is 1.43. The summed E-state index contributed by atoms with van der Waals surface area (Å²) in [5, 5.41) is 2.60. The van der Waals surface area contributed by atoms with Gasteiger partial charge < -0.3 is 5.32 Å². The number of anilines is 3. The molecule has 13 heteroatoms. The standard InChI is InChI=1S/C27H22F3N3O5S2/c1-33(40(37,38)25-8-3-2-4-9-25)23-14-10-19(11-15-23)26(34)31-21-12-16-24(17-13-21)39(35,36)32-22-7-5-6-20(18-22)27(28,29)30/h2-18,32H,1H3,(H,31,34). The summed E-state index contributed by atoms with van der Waals surface area (Å²) in [4.78, 5) is 12.6. The first-order valence-electron chi connectivity index (χ1n) is 11.5. The molecule has 0 radical (unpaired) electrons. The second-order valence-corrected chi connectivity index (χ2v) is 12.1. The monoisotopic (exact) mass is 589 g/mol. The molecule has 0 aromatic heterocycles. The molecule has 0 aliphatic rings. The highest BCUT2D eigenvalue weighted by Gasteiger charge is 2.30. The number of alkyl halides is 3. The lowest BCUT2D eigenvalue weighted by atomic mass is 10.2. The average Bonchev–Trinajstić information content (AvgIpc) is 2.93. The number of benzene rings is 4. The number of rotatable bonds is 8. The zero-order valence-electron chi connectivity index (χ0n) is 20.8. The van der Waals surface area contributed by atoms with Crippen LogP contribution < -0.4 is 14.3 Å². The molecule has 0 bridgehead atoms. The van der Waals surface area contributed by atoms with Crippen molar-refractivity contribution in [3.8, 4) is 0 Å². The van der Waals surface area contributed by atoms with E-state index in [1.807, 2.05) is 0 Å². The number of nitrogens with one attached hydrogen (secondary N) is 2. The highest BCUT2D eigenvalue weighted by molar-refractivity contribution is 7.93. The Hall–Kier alpha value is -4.36. The third-order valence-electron chi connectivity index (χ3n) is 5.76. The Bertz CT molecular complexity index is 1730. The molecule has 0 aliphatic carbocycles. The van der Waals surface area contributed by atoms with Gasteiger partial charge in [-0.25, -0.2) is 16.8 Å². The quantitative estimate of drug-likeness (QED) is 0.279. The summed E-state index contributed by atoms with van der Waals surface area (Å²) in [5.74, 6) is -0.530. The van der Waals surface area contributed by atoms with Crippen molar-refractivity contribution < 1.29 is 34.8 Å². The number of halogens is 3. The lowest BCUT2D eigenvalue weighted by Crippen LogP contribution is -2.26. The minimum Gasteiger partial charge on any atom is -0.322 e. The van der Waals surface area contributed by atoms with Gasteiger partial charge in [0.05, 0.1) is 21.0 Å². The lowest BCUT2D eigenvalue weighted by Gasteiger charge is -2.19. The Kier molecular flexibility index (Phi) is 7.89. The second-order valence-electron chi connectivity index (χ2n) is 8.50. The van der Waals surface area contributed by atoms with E-state index in [1.165, 1.54) is 73.8 Å². The molecule has 4 aromatic carbocycles. The number of amides is 1. The summed E-state index contributed by atoms with van der Waals surface area (Å²) in [6.45, 7) is 0. The third-order valence-corrected chi connectivity index (χ3v) is 8.96. The fourth-order valence-corrected chi connectivity index (χ4v) is 5.87. The van der Waals surface area contributed by atoms with Crippen molar-refractivity contribution in [1.29, 1.82) is 0 Å². The Morgan fingerprint density at radius 2 is 1.35 bits per heavy atom. The van der Waals surface area contributed by atoms with Crippen LogP contribution in [0.2, 0.25) is 0 Å². The van der Waals surface area contributed by atoms with E-state index in [2.05, 4.69) is 10.0 Å². The van der Waals surface area contributed by atoms with Crippen LogP contribution in [0.15, 0.2) is 113 Å². The molecule has 0 unspecified atom stereocenters. The van der Waals surface area contributed by atoms with Crippen LogP contribution in [0.4, 0.5) is 30.2 Å². The van der Waals surface area contributed by atoms with Crippen LogP contribution in [0.5, 0.6) is 0 Å². The van der Waals surface area contributed by atoms with E-state index >= 15 is 0 Å². The number of carbonyl (C=O) groups excluding carboxylic acids is 1. The third kappa shape index (κ3) is 6.43. The van der Waals surface area contributed by atoms with Crippen LogP contribution in [0.25, 0.3) is 0 Å². The van der Waals surface area contributed by atoms with Gasteiger partial charge >= 0.3 is 6.18 Å². The Morgan fingerprint density at radius 1 is 0.725 bits per heavy atom. The summed E-state index contributed by atoms with van der Waals surface area (Å²) in [6, 6.07) is 22.6. The normalized spacial score (nSPS) is 12.0. The van der Waals surface area contributed by atoms with Gasteiger partial charge in [-0.3, -0.25) is 13.8 Å². The molecule has 2 N–H and O–H groups in total. The Morgan fingerprint density at radius 3 is 1.95 bits per heavy atom. The topological polar surface area (TPSA) is 113 Å². The van der Waals surface area contributed by atoms with Crippen LogP contribution >= 0.6 is 0 Å². The van der Waals surface area contributed by atoms with Gasteiger partial charge in [-0.05, 0) is 78.9 Å². The maximum absolute atomic E-state index is 12.9. The van der Waals surface area contributed by atoms with Crippen molar-refractivity contribution in [1.82, 2.24) is 0 Å². The first kappa shape index (κ1) is 28.6. The van der Waals surface area contributed by atoms with Crippen molar-refractivity contribution >= 4 is 43.0 Å². The van der Waals surface area contributed by atoms with E-state index < -0.39 is 37.7 Å². The van der Waals surface area contributed by atoms with E-state index in [1.54, 1.807) is 18.2 Å². The lowest BCUT2D eigenvalue weighted by molar-refractivity contribution is -0.137. The van der Waals surface area contributed by atoms with E-state index in [9.17, 15) is 34.8 Å². The van der Waals surface area contributed by atoms with Crippen LogP contribution in [-0.4, -0.2) is 29.8 Å². The Labute approximate surface area is 229 Å². The molecule has 0 saturated heterocycles. The fourth-order valence-electron chi connectivity index (χ4n) is 3.61. The molecule has 40 heavy (non-hydrogen) atoms. The summed E-state index contributed by atoms with van der Waals surface area (Å²) in [7, 11) is -6.59. The molecule has 0 spiro atoms. The minimum atomic E-state index is -4.63. The van der Waals surface area contributed by atoms with Crippen molar-refractivity contribution in [3.63, 3.8) is 0 Å². The molecular formula is C27H22F3N3O5S2. The number of sulfonamides is 2.